The molecule has 12 heavy (non-hydrogen) atoms. The fraction of sp³-hybridized carbons (Fsp3) is 0.500. The topological polar surface area (TPSA) is 42.0 Å². The molecule has 0 saturated heterocycles. The van der Waals surface area contributed by atoms with Gasteiger partial charge in [0, 0.05) is 6.04 Å². The highest BCUT2D eigenvalue weighted by Gasteiger charge is 2.08. The number of rotatable bonds is 2. The summed E-state index contributed by atoms with van der Waals surface area (Å²) in [6.45, 7) is 5.76. The maximum atomic E-state index is 11.3. The van der Waals surface area contributed by atoms with Crippen LogP contribution in [-0.2, 0) is 0 Å². The monoisotopic (exact) mass is 184 g/mol. The van der Waals surface area contributed by atoms with Gasteiger partial charge in [0.15, 0.2) is 0 Å². The maximum absolute atomic E-state index is 11.3. The van der Waals surface area contributed by atoms with Crippen molar-refractivity contribution in [2.75, 3.05) is 0 Å². The Kier molecular flexibility index (Phi) is 2.81. The molecule has 0 radical (unpaired) electrons. The molecule has 1 heterocycles. The molecule has 66 valence electrons. The summed E-state index contributed by atoms with van der Waals surface area (Å²) in [7, 11) is 0. The number of carbonyl (C=O) groups is 1. The van der Waals surface area contributed by atoms with Crippen molar-refractivity contribution in [3.05, 3.63) is 16.1 Å². The quantitative estimate of drug-likeness (QED) is 0.758. The summed E-state index contributed by atoms with van der Waals surface area (Å²) < 4.78 is 0. The SMILES string of the molecule is Cc1ncc(C(=O)NC(C)C)s1. The van der Waals surface area contributed by atoms with Gasteiger partial charge >= 0.3 is 0 Å². The second-order valence-corrected chi connectivity index (χ2v) is 4.11. The highest BCUT2D eigenvalue weighted by atomic mass is 32.1. The van der Waals surface area contributed by atoms with Gasteiger partial charge in [-0.15, -0.1) is 11.3 Å². The van der Waals surface area contributed by atoms with Gasteiger partial charge in [-0.05, 0) is 20.8 Å². The lowest BCUT2D eigenvalue weighted by Gasteiger charge is -2.05. The molecular formula is C8H12N2OS. The summed E-state index contributed by atoms with van der Waals surface area (Å²) in [4.78, 5) is 16.0. The molecule has 0 aromatic carbocycles. The molecule has 1 aromatic rings. The van der Waals surface area contributed by atoms with Crippen LogP contribution in [0, 0.1) is 6.92 Å². The van der Waals surface area contributed by atoms with Crippen LogP contribution in [-0.4, -0.2) is 16.9 Å². The van der Waals surface area contributed by atoms with E-state index in [1.54, 1.807) is 6.20 Å². The lowest BCUT2D eigenvalue weighted by Crippen LogP contribution is -2.29. The first-order valence-corrected chi connectivity index (χ1v) is 4.64. The zero-order chi connectivity index (χ0) is 9.14. The maximum Gasteiger partial charge on any atom is 0.263 e. The summed E-state index contributed by atoms with van der Waals surface area (Å²) in [5.41, 5.74) is 0. The number of nitrogens with one attached hydrogen (secondary N) is 1. The standard InChI is InChI=1S/C8H12N2OS/c1-5(2)10-8(11)7-4-9-6(3)12-7/h4-5H,1-3H3,(H,10,11). The normalized spacial score (nSPS) is 10.3. The summed E-state index contributed by atoms with van der Waals surface area (Å²) in [5, 5.41) is 3.72. The van der Waals surface area contributed by atoms with Crippen LogP contribution in [0.5, 0.6) is 0 Å². The minimum Gasteiger partial charge on any atom is -0.349 e. The van der Waals surface area contributed by atoms with Crippen molar-refractivity contribution >= 4 is 17.2 Å². The van der Waals surface area contributed by atoms with Crippen molar-refractivity contribution in [3.8, 4) is 0 Å². The number of hydrogen-bond donors (Lipinski definition) is 1. The fourth-order valence-corrected chi connectivity index (χ4v) is 1.48. The number of hydrogen-bond acceptors (Lipinski definition) is 3. The van der Waals surface area contributed by atoms with Gasteiger partial charge in [-0.1, -0.05) is 0 Å². The van der Waals surface area contributed by atoms with Crippen LogP contribution < -0.4 is 5.32 Å². The Balaban J connectivity index is 2.65. The molecular weight excluding hydrogens is 172 g/mol. The third kappa shape index (κ3) is 2.30. The predicted molar refractivity (Wildman–Crippen MR) is 49.5 cm³/mol. The molecule has 0 saturated carbocycles. The van der Waals surface area contributed by atoms with Gasteiger partial charge in [-0.2, -0.15) is 0 Å². The van der Waals surface area contributed by atoms with Gasteiger partial charge in [0.05, 0.1) is 11.2 Å². The molecule has 0 atom stereocenters. The molecule has 1 N–H and O–H groups in total. The number of carbonyl (C=O) groups excluding carboxylic acids is 1. The van der Waals surface area contributed by atoms with Gasteiger partial charge in [0.2, 0.25) is 0 Å². The largest absolute Gasteiger partial charge is 0.349 e. The number of aryl methyl sites for hydroxylation is 1. The average Bonchev–Trinajstić information content (AvgIpc) is 2.34. The van der Waals surface area contributed by atoms with E-state index in [2.05, 4.69) is 10.3 Å². The van der Waals surface area contributed by atoms with Crippen LogP contribution in [0.2, 0.25) is 0 Å². The Morgan fingerprint density at radius 1 is 1.67 bits per heavy atom. The highest BCUT2D eigenvalue weighted by molar-refractivity contribution is 7.13. The van der Waals surface area contributed by atoms with E-state index in [9.17, 15) is 4.79 Å². The number of nitrogens with zero attached hydrogens (tertiary/aromatic N) is 1. The van der Waals surface area contributed by atoms with Gasteiger partial charge in [-0.25, -0.2) is 4.98 Å². The Labute approximate surface area is 75.8 Å². The minimum atomic E-state index is -0.0319. The van der Waals surface area contributed by atoms with E-state index in [-0.39, 0.29) is 11.9 Å². The number of thiazole rings is 1. The summed E-state index contributed by atoms with van der Waals surface area (Å²) >= 11 is 1.41. The Morgan fingerprint density at radius 3 is 2.75 bits per heavy atom. The first kappa shape index (κ1) is 9.19. The summed E-state index contributed by atoms with van der Waals surface area (Å²) in [5.74, 6) is -0.0319. The van der Waals surface area contributed by atoms with Gasteiger partial charge in [-0.3, -0.25) is 4.79 Å². The lowest BCUT2D eigenvalue weighted by molar-refractivity contribution is 0.0947. The van der Waals surface area contributed by atoms with Crippen molar-refractivity contribution in [1.29, 1.82) is 0 Å². The van der Waals surface area contributed by atoms with Gasteiger partial charge < -0.3 is 5.32 Å². The van der Waals surface area contributed by atoms with Crippen molar-refractivity contribution in [3.63, 3.8) is 0 Å². The predicted octanol–water partition coefficient (Wildman–Crippen LogP) is 1.59. The van der Waals surface area contributed by atoms with E-state index >= 15 is 0 Å². The minimum absolute atomic E-state index is 0.0319. The zero-order valence-corrected chi connectivity index (χ0v) is 8.23. The third-order valence-corrected chi connectivity index (χ3v) is 2.18. The van der Waals surface area contributed by atoms with Crippen LogP contribution in [0.1, 0.15) is 28.5 Å². The van der Waals surface area contributed by atoms with E-state index in [4.69, 9.17) is 0 Å². The first-order valence-electron chi connectivity index (χ1n) is 3.83. The molecule has 0 aliphatic carbocycles. The van der Waals surface area contributed by atoms with Crippen molar-refractivity contribution in [1.82, 2.24) is 10.3 Å². The van der Waals surface area contributed by atoms with Gasteiger partial charge in [0.1, 0.15) is 4.88 Å². The molecule has 4 heteroatoms. The first-order chi connectivity index (χ1) is 5.59. The molecule has 0 aliphatic rings. The average molecular weight is 184 g/mol. The van der Waals surface area contributed by atoms with Crippen LogP contribution in [0.25, 0.3) is 0 Å². The van der Waals surface area contributed by atoms with Crippen LogP contribution in [0.4, 0.5) is 0 Å². The molecule has 0 unspecified atom stereocenters. The lowest BCUT2D eigenvalue weighted by atomic mass is 10.4. The smallest absolute Gasteiger partial charge is 0.263 e. The van der Waals surface area contributed by atoms with E-state index < -0.39 is 0 Å². The second kappa shape index (κ2) is 3.67. The fourth-order valence-electron chi connectivity index (χ4n) is 0.800. The van der Waals surface area contributed by atoms with Crippen LogP contribution in [0.15, 0.2) is 6.20 Å². The summed E-state index contributed by atoms with van der Waals surface area (Å²) in [6.07, 6.45) is 1.61. The Bertz CT molecular complexity index is 280. The number of aromatic nitrogens is 1. The Morgan fingerprint density at radius 2 is 2.33 bits per heavy atom. The van der Waals surface area contributed by atoms with Crippen molar-refractivity contribution < 1.29 is 4.79 Å². The van der Waals surface area contributed by atoms with E-state index in [0.29, 0.717) is 4.88 Å². The van der Waals surface area contributed by atoms with Crippen molar-refractivity contribution in [2.24, 2.45) is 0 Å². The second-order valence-electron chi connectivity index (χ2n) is 2.87. The number of amides is 1. The molecule has 3 nitrogen and oxygen atoms in total. The molecule has 1 rings (SSSR count). The summed E-state index contributed by atoms with van der Waals surface area (Å²) in [6, 6.07) is 0.180. The van der Waals surface area contributed by atoms with Gasteiger partial charge in [0.25, 0.3) is 5.91 Å². The molecule has 1 amide bonds. The molecule has 1 aromatic heterocycles. The van der Waals surface area contributed by atoms with E-state index in [1.807, 2.05) is 20.8 Å². The molecule has 0 bridgehead atoms. The van der Waals surface area contributed by atoms with Crippen molar-refractivity contribution in [2.45, 2.75) is 26.8 Å². The zero-order valence-electron chi connectivity index (χ0n) is 7.42. The van der Waals surface area contributed by atoms with E-state index in [1.165, 1.54) is 11.3 Å². The molecule has 0 fully saturated rings. The highest BCUT2D eigenvalue weighted by Crippen LogP contribution is 2.10. The molecule has 0 aliphatic heterocycles. The van der Waals surface area contributed by atoms with Crippen LogP contribution >= 0.6 is 11.3 Å². The van der Waals surface area contributed by atoms with E-state index in [0.717, 1.165) is 5.01 Å². The van der Waals surface area contributed by atoms with Crippen LogP contribution in [0.3, 0.4) is 0 Å². The molecule has 0 spiro atoms. The third-order valence-electron chi connectivity index (χ3n) is 1.26. The Hall–Kier alpha value is -0.900.